The first-order chi connectivity index (χ1) is 13.1. The molecule has 2 aromatic carbocycles. The van der Waals surface area contributed by atoms with Crippen molar-refractivity contribution in [2.75, 3.05) is 18.4 Å². The van der Waals surface area contributed by atoms with Gasteiger partial charge in [0.25, 0.3) is 0 Å². The molecule has 4 rings (SSSR count). The van der Waals surface area contributed by atoms with Crippen molar-refractivity contribution in [3.05, 3.63) is 59.7 Å². The van der Waals surface area contributed by atoms with E-state index in [9.17, 15) is 26.4 Å². The Hall–Kier alpha value is -2.59. The molecule has 1 fully saturated rings. The number of carbonyl (C=O) groups is 1. The summed E-state index contributed by atoms with van der Waals surface area (Å²) in [5.74, 6) is 0. The number of ether oxygens (including phenoxy) is 1. The summed E-state index contributed by atoms with van der Waals surface area (Å²) in [5, 5.41) is 2.57. The van der Waals surface area contributed by atoms with Gasteiger partial charge in [0.2, 0.25) is 10.0 Å². The number of halogens is 3. The topological polar surface area (TPSA) is 75.7 Å². The summed E-state index contributed by atoms with van der Waals surface area (Å²) in [4.78, 5) is 11.5. The van der Waals surface area contributed by atoms with Gasteiger partial charge in [-0.25, -0.2) is 13.2 Å². The number of anilines is 1. The Bertz CT molecular complexity index is 1050. The van der Waals surface area contributed by atoms with Crippen molar-refractivity contribution in [2.24, 2.45) is 0 Å². The summed E-state index contributed by atoms with van der Waals surface area (Å²) >= 11 is 0. The molecule has 2 aliphatic heterocycles. The Kier molecular flexibility index (Phi) is 4.16. The zero-order valence-corrected chi connectivity index (χ0v) is 15.2. The van der Waals surface area contributed by atoms with Crippen molar-refractivity contribution < 1.29 is 31.1 Å². The van der Waals surface area contributed by atoms with Crippen LogP contribution in [0, 0.1) is 0 Å². The van der Waals surface area contributed by atoms with Crippen molar-refractivity contribution in [3.8, 4) is 0 Å². The quantitative estimate of drug-likeness (QED) is 0.819. The summed E-state index contributed by atoms with van der Waals surface area (Å²) in [5.41, 5.74) is -1.05. The molecule has 0 aromatic heterocycles. The maximum Gasteiger partial charge on any atom is 0.416 e. The molecular weight excluding hydrogens is 397 g/mol. The lowest BCUT2D eigenvalue weighted by atomic mass is 9.90. The molecule has 2 aromatic rings. The van der Waals surface area contributed by atoms with Crippen LogP contribution in [0.5, 0.6) is 0 Å². The highest BCUT2D eigenvalue weighted by Gasteiger charge is 2.50. The van der Waals surface area contributed by atoms with E-state index in [1.54, 1.807) is 24.3 Å². The molecule has 0 aliphatic carbocycles. The molecule has 2 aliphatic rings. The minimum absolute atomic E-state index is 0.0141. The van der Waals surface area contributed by atoms with Crippen LogP contribution in [0.25, 0.3) is 0 Å². The van der Waals surface area contributed by atoms with Gasteiger partial charge in [0.1, 0.15) is 0 Å². The SMILES string of the molecule is O=C1Nc2ccccc2C2(CCN(S(=O)(=O)c3cccc(C(F)(F)F)c3)C2)O1. The minimum Gasteiger partial charge on any atom is -0.436 e. The van der Waals surface area contributed by atoms with Gasteiger partial charge in [-0.3, -0.25) is 5.32 Å². The fourth-order valence-corrected chi connectivity index (χ4v) is 5.13. The van der Waals surface area contributed by atoms with E-state index in [1.807, 2.05) is 0 Å². The molecule has 6 nitrogen and oxygen atoms in total. The first-order valence-electron chi connectivity index (χ1n) is 8.39. The van der Waals surface area contributed by atoms with Crippen LogP contribution < -0.4 is 5.32 Å². The molecule has 10 heteroatoms. The van der Waals surface area contributed by atoms with Crippen molar-refractivity contribution in [2.45, 2.75) is 23.1 Å². The summed E-state index contributed by atoms with van der Waals surface area (Å²) in [6, 6.07) is 10.5. The largest absolute Gasteiger partial charge is 0.436 e. The predicted octanol–water partition coefficient (Wildman–Crippen LogP) is 3.56. The van der Waals surface area contributed by atoms with Crippen LogP contribution in [0.15, 0.2) is 53.4 Å². The highest BCUT2D eigenvalue weighted by atomic mass is 32.2. The minimum atomic E-state index is -4.65. The van der Waals surface area contributed by atoms with Crippen LogP contribution in [-0.4, -0.2) is 31.9 Å². The Labute approximate surface area is 159 Å². The number of rotatable bonds is 2. The van der Waals surface area contributed by atoms with Crippen LogP contribution in [0.3, 0.4) is 0 Å². The van der Waals surface area contributed by atoms with Gasteiger partial charge in [0.05, 0.1) is 22.7 Å². The van der Waals surface area contributed by atoms with Crippen LogP contribution >= 0.6 is 0 Å². The second kappa shape index (κ2) is 6.21. The molecule has 1 N–H and O–H groups in total. The molecule has 28 heavy (non-hydrogen) atoms. The maximum absolute atomic E-state index is 13.0. The zero-order chi connectivity index (χ0) is 20.2. The lowest BCUT2D eigenvalue weighted by Gasteiger charge is -2.35. The van der Waals surface area contributed by atoms with Crippen LogP contribution in [-0.2, 0) is 26.5 Å². The van der Waals surface area contributed by atoms with Gasteiger partial charge >= 0.3 is 12.3 Å². The normalized spacial score (nSPS) is 22.6. The lowest BCUT2D eigenvalue weighted by molar-refractivity contribution is -0.137. The molecule has 148 valence electrons. The van der Waals surface area contributed by atoms with Gasteiger partial charge in [0, 0.05) is 18.5 Å². The summed E-state index contributed by atoms with van der Waals surface area (Å²) < 4.78 is 71.3. The number of nitrogens with zero attached hydrogens (tertiary/aromatic N) is 1. The Morgan fingerprint density at radius 3 is 2.61 bits per heavy atom. The zero-order valence-electron chi connectivity index (χ0n) is 14.4. The smallest absolute Gasteiger partial charge is 0.416 e. The highest BCUT2D eigenvalue weighted by Crippen LogP contribution is 2.44. The fraction of sp³-hybridized carbons (Fsp3) is 0.278. The van der Waals surface area contributed by atoms with E-state index in [0.29, 0.717) is 17.3 Å². The number of hydrogen-bond donors (Lipinski definition) is 1. The first kappa shape index (κ1) is 18.8. The number of fused-ring (bicyclic) bond motifs is 2. The number of hydrogen-bond acceptors (Lipinski definition) is 4. The lowest BCUT2D eigenvalue weighted by Crippen LogP contribution is -2.42. The van der Waals surface area contributed by atoms with E-state index < -0.39 is 38.4 Å². The van der Waals surface area contributed by atoms with Crippen molar-refractivity contribution in [1.82, 2.24) is 4.31 Å². The maximum atomic E-state index is 13.0. The standard InChI is InChI=1S/C18H15F3N2O4S/c19-18(20,21)12-4-3-5-13(10-12)28(25,26)23-9-8-17(11-23)14-6-1-2-7-15(14)22-16(24)27-17/h1-7,10H,8-9,11H2,(H,22,24). The predicted molar refractivity (Wildman–Crippen MR) is 93.0 cm³/mol. The van der Waals surface area contributed by atoms with Gasteiger partial charge in [-0.05, 0) is 24.3 Å². The molecule has 1 saturated heterocycles. The highest BCUT2D eigenvalue weighted by molar-refractivity contribution is 7.89. The average Bonchev–Trinajstić information content (AvgIpc) is 3.06. The van der Waals surface area contributed by atoms with Crippen LogP contribution in [0.2, 0.25) is 0 Å². The van der Waals surface area contributed by atoms with Gasteiger partial charge < -0.3 is 4.74 Å². The fourth-order valence-electron chi connectivity index (χ4n) is 3.60. The Morgan fingerprint density at radius 1 is 1.11 bits per heavy atom. The Balaban J connectivity index is 1.69. The average molecular weight is 412 g/mol. The van der Waals surface area contributed by atoms with E-state index in [4.69, 9.17) is 4.74 Å². The molecule has 1 spiro atoms. The van der Waals surface area contributed by atoms with E-state index in [0.717, 1.165) is 22.5 Å². The van der Waals surface area contributed by atoms with E-state index in [-0.39, 0.29) is 19.5 Å². The third-order valence-corrected chi connectivity index (χ3v) is 6.78. The number of para-hydroxylation sites is 1. The van der Waals surface area contributed by atoms with E-state index in [2.05, 4.69) is 5.32 Å². The number of amides is 1. The van der Waals surface area contributed by atoms with Gasteiger partial charge in [-0.2, -0.15) is 17.5 Å². The first-order valence-corrected chi connectivity index (χ1v) is 9.83. The van der Waals surface area contributed by atoms with E-state index >= 15 is 0 Å². The van der Waals surface area contributed by atoms with Crippen molar-refractivity contribution >= 4 is 21.8 Å². The number of sulfonamides is 1. The summed E-state index contributed by atoms with van der Waals surface area (Å²) in [6.45, 7) is -0.157. The molecule has 0 radical (unpaired) electrons. The molecule has 1 unspecified atom stereocenters. The number of nitrogens with one attached hydrogen (secondary N) is 1. The summed E-state index contributed by atoms with van der Waals surface area (Å²) in [6.07, 6.45) is -5.14. The second-order valence-corrected chi connectivity index (χ2v) is 8.61. The van der Waals surface area contributed by atoms with E-state index in [1.165, 1.54) is 0 Å². The molecule has 2 heterocycles. The van der Waals surface area contributed by atoms with Crippen molar-refractivity contribution in [1.29, 1.82) is 0 Å². The molecule has 1 atom stereocenters. The molecular formula is C18H15F3N2O4S. The van der Waals surface area contributed by atoms with Gasteiger partial charge in [-0.1, -0.05) is 24.3 Å². The van der Waals surface area contributed by atoms with Crippen LogP contribution in [0.4, 0.5) is 23.7 Å². The number of carbonyl (C=O) groups excluding carboxylic acids is 1. The van der Waals surface area contributed by atoms with Gasteiger partial charge in [-0.15, -0.1) is 0 Å². The van der Waals surface area contributed by atoms with Gasteiger partial charge in [0.15, 0.2) is 5.60 Å². The molecule has 1 amide bonds. The number of benzene rings is 2. The third-order valence-electron chi connectivity index (χ3n) is 4.94. The van der Waals surface area contributed by atoms with Crippen LogP contribution in [0.1, 0.15) is 17.5 Å². The van der Waals surface area contributed by atoms with Crippen molar-refractivity contribution in [3.63, 3.8) is 0 Å². The summed E-state index contributed by atoms with van der Waals surface area (Å²) in [7, 11) is -4.20. The second-order valence-electron chi connectivity index (χ2n) is 6.67. The monoisotopic (exact) mass is 412 g/mol. The number of alkyl halides is 3. The Morgan fingerprint density at radius 2 is 1.86 bits per heavy atom. The molecule has 0 saturated carbocycles. The third kappa shape index (κ3) is 3.02. The molecule has 0 bridgehead atoms.